The fraction of sp³-hybridized carbons (Fsp3) is 0.263. The first kappa shape index (κ1) is 17.5. The Morgan fingerprint density at radius 1 is 1.31 bits per heavy atom. The summed E-state index contributed by atoms with van der Waals surface area (Å²) >= 11 is 6.89. The highest BCUT2D eigenvalue weighted by atomic mass is 32.1. The molecule has 1 saturated heterocycles. The van der Waals surface area contributed by atoms with Crippen molar-refractivity contribution in [2.45, 2.75) is 13.2 Å². The maximum Gasteiger partial charge on any atom is 0.291 e. The summed E-state index contributed by atoms with van der Waals surface area (Å²) in [5, 5.41) is 14.6. The fourth-order valence-corrected chi connectivity index (χ4v) is 4.47. The van der Waals surface area contributed by atoms with Crippen LogP contribution in [0.4, 0.5) is 5.13 Å². The van der Waals surface area contributed by atoms with Crippen molar-refractivity contribution in [3.63, 3.8) is 0 Å². The average Bonchev–Trinajstić information content (AvgIpc) is 3.17. The van der Waals surface area contributed by atoms with E-state index >= 15 is 0 Å². The van der Waals surface area contributed by atoms with E-state index in [2.05, 4.69) is 4.98 Å². The van der Waals surface area contributed by atoms with Gasteiger partial charge < -0.3 is 9.94 Å². The number of hydrogen-bond acceptors (Lipinski definition) is 6. The van der Waals surface area contributed by atoms with E-state index in [-0.39, 0.29) is 0 Å². The van der Waals surface area contributed by atoms with E-state index in [1.165, 1.54) is 11.3 Å². The lowest BCUT2D eigenvalue weighted by molar-refractivity contribution is 0.102. The molecular weight excluding hydrogens is 366 g/mol. The number of hydroxylamine groups is 2. The first-order valence-corrected chi connectivity index (χ1v) is 9.59. The second kappa shape index (κ2) is 6.68. The molecule has 1 aromatic heterocycles. The molecule has 3 aromatic rings. The number of benzene rings is 2. The minimum atomic E-state index is -0.637. The van der Waals surface area contributed by atoms with Crippen molar-refractivity contribution in [1.29, 1.82) is 0 Å². The van der Waals surface area contributed by atoms with Crippen LogP contribution in [0.25, 0.3) is 10.2 Å². The van der Waals surface area contributed by atoms with E-state index in [9.17, 15) is 5.21 Å². The van der Waals surface area contributed by atoms with E-state index in [1.54, 1.807) is 0 Å². The third kappa shape index (κ3) is 3.13. The van der Waals surface area contributed by atoms with Crippen LogP contribution in [0.15, 0.2) is 48.5 Å². The SMILES string of the molecule is Cc1cccc(C(=S)OC2CN(C)C[N+]2([O-])c2nc3ccccc3s2)c1. The highest BCUT2D eigenvalue weighted by Gasteiger charge is 2.44. The molecule has 0 N–H and O–H groups in total. The van der Waals surface area contributed by atoms with Gasteiger partial charge in [-0.15, -0.1) is 0 Å². The minimum Gasteiger partial charge on any atom is -0.622 e. The average molecular weight is 386 g/mol. The molecule has 0 spiro atoms. The van der Waals surface area contributed by atoms with Gasteiger partial charge in [-0.1, -0.05) is 47.2 Å². The predicted molar refractivity (Wildman–Crippen MR) is 110 cm³/mol. The Balaban J connectivity index is 1.65. The highest BCUT2D eigenvalue weighted by Crippen LogP contribution is 2.37. The van der Waals surface area contributed by atoms with Gasteiger partial charge in [-0.05, 0) is 44.4 Å². The van der Waals surface area contributed by atoms with Gasteiger partial charge in [-0.3, -0.25) is 4.65 Å². The predicted octanol–water partition coefficient (Wildman–Crippen LogP) is 4.03. The molecular formula is C19H19N3O2S2. The number of fused-ring (bicyclic) bond motifs is 1. The Labute approximate surface area is 161 Å². The number of thiazole rings is 1. The molecule has 5 nitrogen and oxygen atoms in total. The van der Waals surface area contributed by atoms with Crippen molar-refractivity contribution >= 4 is 44.0 Å². The van der Waals surface area contributed by atoms with E-state index < -0.39 is 10.9 Å². The topological polar surface area (TPSA) is 48.4 Å². The van der Waals surface area contributed by atoms with Crippen LogP contribution in [0.1, 0.15) is 11.1 Å². The molecule has 0 saturated carbocycles. The van der Waals surface area contributed by atoms with Crippen LogP contribution in [0, 0.1) is 12.1 Å². The van der Waals surface area contributed by atoms with Crippen molar-refractivity contribution < 1.29 is 4.74 Å². The minimum absolute atomic E-state index is 0.293. The van der Waals surface area contributed by atoms with Crippen LogP contribution in [0.2, 0.25) is 0 Å². The summed E-state index contributed by atoms with van der Waals surface area (Å²) in [5.41, 5.74) is 2.77. The summed E-state index contributed by atoms with van der Waals surface area (Å²) in [6.07, 6.45) is -0.631. The number of nitrogens with zero attached hydrogens (tertiary/aromatic N) is 3. The maximum absolute atomic E-state index is 13.7. The standard InChI is InChI=1S/C19H19N3O2S2/c1-13-6-5-7-14(10-13)18(25)24-17-11-21(2)12-22(17,23)19-20-15-8-3-4-9-16(15)26-19/h3-10,17H,11-12H2,1-2H3. The molecule has 2 heterocycles. The van der Waals surface area contributed by atoms with Crippen LogP contribution >= 0.6 is 23.6 Å². The highest BCUT2D eigenvalue weighted by molar-refractivity contribution is 7.80. The zero-order valence-electron chi connectivity index (χ0n) is 14.6. The maximum atomic E-state index is 13.7. The smallest absolute Gasteiger partial charge is 0.291 e. The van der Waals surface area contributed by atoms with E-state index in [4.69, 9.17) is 17.0 Å². The van der Waals surface area contributed by atoms with Crippen LogP contribution in [-0.4, -0.2) is 41.4 Å². The van der Waals surface area contributed by atoms with Crippen molar-refractivity contribution in [2.75, 3.05) is 20.3 Å². The molecule has 2 unspecified atom stereocenters. The summed E-state index contributed by atoms with van der Waals surface area (Å²) in [5.74, 6) is 0. The number of aryl methyl sites for hydroxylation is 1. The Bertz CT molecular complexity index is 941. The zero-order valence-corrected chi connectivity index (χ0v) is 16.2. The van der Waals surface area contributed by atoms with E-state index in [0.717, 1.165) is 21.3 Å². The van der Waals surface area contributed by atoms with Gasteiger partial charge in [0, 0.05) is 5.56 Å². The lowest BCUT2D eigenvalue weighted by Crippen LogP contribution is -2.50. The lowest BCUT2D eigenvalue weighted by Gasteiger charge is -2.39. The van der Waals surface area contributed by atoms with Crippen LogP contribution in [-0.2, 0) is 4.74 Å². The van der Waals surface area contributed by atoms with Crippen molar-refractivity contribution in [2.24, 2.45) is 0 Å². The number of para-hydroxylation sites is 1. The van der Waals surface area contributed by atoms with E-state index in [1.807, 2.05) is 67.4 Å². The van der Waals surface area contributed by atoms with Crippen LogP contribution < -0.4 is 4.65 Å². The molecule has 2 atom stereocenters. The quantitative estimate of drug-likeness (QED) is 0.387. The Kier molecular flexibility index (Phi) is 4.50. The largest absolute Gasteiger partial charge is 0.622 e. The molecule has 1 aliphatic heterocycles. The van der Waals surface area contributed by atoms with Gasteiger partial charge in [0.1, 0.15) is 6.67 Å². The second-order valence-electron chi connectivity index (χ2n) is 6.67. The second-order valence-corrected chi connectivity index (χ2v) is 8.05. The number of hydrogen-bond donors (Lipinski definition) is 0. The van der Waals surface area contributed by atoms with Gasteiger partial charge >= 0.3 is 0 Å². The molecule has 1 fully saturated rings. The summed E-state index contributed by atoms with van der Waals surface area (Å²) < 4.78 is 6.37. The molecule has 4 rings (SSSR count). The van der Waals surface area contributed by atoms with Gasteiger partial charge in [0.05, 0.1) is 16.8 Å². The van der Waals surface area contributed by atoms with Gasteiger partial charge in [-0.2, -0.15) is 4.98 Å². The molecule has 2 aromatic carbocycles. The molecule has 1 aliphatic rings. The third-order valence-electron chi connectivity index (χ3n) is 4.49. The number of rotatable bonds is 3. The third-order valence-corrected chi connectivity index (χ3v) is 5.97. The number of aromatic nitrogens is 1. The Morgan fingerprint density at radius 3 is 2.88 bits per heavy atom. The number of thiocarbonyl (C=S) groups is 1. The van der Waals surface area contributed by atoms with E-state index in [0.29, 0.717) is 23.4 Å². The van der Waals surface area contributed by atoms with Gasteiger partial charge in [-0.25, -0.2) is 4.90 Å². The normalized spacial score (nSPS) is 23.4. The molecule has 0 bridgehead atoms. The van der Waals surface area contributed by atoms with Crippen LogP contribution in [0.3, 0.4) is 0 Å². The number of likely N-dealkylation sites (N-methyl/N-ethyl adjacent to an activating group) is 1. The Hall–Kier alpha value is -1.90. The van der Waals surface area contributed by atoms with Crippen molar-refractivity contribution in [3.05, 3.63) is 64.9 Å². The van der Waals surface area contributed by atoms with Gasteiger partial charge in [0.15, 0.2) is 5.05 Å². The molecule has 7 heteroatoms. The zero-order chi connectivity index (χ0) is 18.3. The Morgan fingerprint density at radius 2 is 2.12 bits per heavy atom. The molecule has 0 aliphatic carbocycles. The van der Waals surface area contributed by atoms with Crippen LogP contribution in [0.5, 0.6) is 0 Å². The molecule has 134 valence electrons. The van der Waals surface area contributed by atoms with Gasteiger partial charge in [0.2, 0.25) is 0 Å². The summed E-state index contributed by atoms with van der Waals surface area (Å²) in [4.78, 5) is 6.53. The van der Waals surface area contributed by atoms with Crippen molar-refractivity contribution in [3.8, 4) is 0 Å². The summed E-state index contributed by atoms with van der Waals surface area (Å²) in [7, 11) is 1.91. The number of ether oxygens (including phenoxy) is 1. The number of quaternary nitrogens is 1. The fourth-order valence-electron chi connectivity index (χ4n) is 3.20. The first-order valence-electron chi connectivity index (χ1n) is 8.37. The summed E-state index contributed by atoms with van der Waals surface area (Å²) in [6, 6.07) is 15.6. The summed E-state index contributed by atoms with van der Waals surface area (Å²) in [6.45, 7) is 2.80. The van der Waals surface area contributed by atoms with Gasteiger partial charge in [0.25, 0.3) is 11.4 Å². The molecule has 0 radical (unpaired) electrons. The molecule has 0 amide bonds. The monoisotopic (exact) mass is 385 g/mol. The first-order chi connectivity index (χ1) is 12.5. The lowest BCUT2D eigenvalue weighted by atomic mass is 10.1. The van der Waals surface area contributed by atoms with Crippen molar-refractivity contribution in [1.82, 2.24) is 14.5 Å². The molecule has 26 heavy (non-hydrogen) atoms.